The van der Waals surface area contributed by atoms with Crippen LogP contribution in [-0.4, -0.2) is 11.1 Å². The second-order valence-corrected chi connectivity index (χ2v) is 6.11. The lowest BCUT2D eigenvalue weighted by atomic mass is 9.90. The predicted molar refractivity (Wildman–Crippen MR) is 80.0 cm³/mol. The van der Waals surface area contributed by atoms with E-state index in [9.17, 15) is 9.90 Å². The summed E-state index contributed by atoms with van der Waals surface area (Å²) in [7, 11) is 0. The van der Waals surface area contributed by atoms with Gasteiger partial charge in [0.15, 0.2) is 0 Å². The van der Waals surface area contributed by atoms with Crippen LogP contribution in [0, 0.1) is 12.8 Å². The first kappa shape index (κ1) is 15.7. The summed E-state index contributed by atoms with van der Waals surface area (Å²) in [6, 6.07) is 3.99. The molecule has 0 saturated heterocycles. The van der Waals surface area contributed by atoms with E-state index in [-0.39, 0.29) is 0 Å². The van der Waals surface area contributed by atoms with E-state index in [1.807, 2.05) is 13.0 Å². The quantitative estimate of drug-likeness (QED) is 0.800. The Labute approximate surface area is 116 Å². The van der Waals surface area contributed by atoms with E-state index in [1.165, 1.54) is 0 Å². The molecule has 0 amide bonds. The molecule has 0 radical (unpaired) electrons. The van der Waals surface area contributed by atoms with Crippen molar-refractivity contribution in [2.75, 3.05) is 0 Å². The molecule has 0 bridgehead atoms. The lowest BCUT2D eigenvalue weighted by Gasteiger charge is -2.15. The summed E-state index contributed by atoms with van der Waals surface area (Å²) in [5.74, 6) is 0.232. The van der Waals surface area contributed by atoms with Gasteiger partial charge in [-0.1, -0.05) is 40.2 Å². The zero-order chi connectivity index (χ0) is 14.6. The SMILES string of the molecule is Cc1cc(C(C)C)cc(C(=O)O)c1CCCC(C)C. The van der Waals surface area contributed by atoms with Gasteiger partial charge in [-0.2, -0.15) is 0 Å². The fraction of sp³-hybridized carbons (Fsp3) is 0.588. The van der Waals surface area contributed by atoms with Crippen molar-refractivity contribution in [2.24, 2.45) is 5.92 Å². The average molecular weight is 262 g/mol. The topological polar surface area (TPSA) is 37.3 Å². The van der Waals surface area contributed by atoms with Crippen LogP contribution in [0.3, 0.4) is 0 Å². The third-order valence-corrected chi connectivity index (χ3v) is 3.60. The normalized spacial score (nSPS) is 11.3. The van der Waals surface area contributed by atoms with Crippen molar-refractivity contribution >= 4 is 5.97 Å². The molecule has 2 heteroatoms. The number of aromatic carboxylic acids is 1. The fourth-order valence-corrected chi connectivity index (χ4v) is 2.39. The first-order valence-electron chi connectivity index (χ1n) is 7.19. The second-order valence-electron chi connectivity index (χ2n) is 6.11. The van der Waals surface area contributed by atoms with Gasteiger partial charge in [-0.15, -0.1) is 0 Å². The number of hydrogen-bond donors (Lipinski definition) is 1. The fourth-order valence-electron chi connectivity index (χ4n) is 2.39. The molecule has 0 fully saturated rings. The predicted octanol–water partition coefficient (Wildman–Crippen LogP) is 4.80. The molecule has 0 aromatic heterocycles. The van der Waals surface area contributed by atoms with Gasteiger partial charge in [-0.05, 0) is 54.4 Å². The van der Waals surface area contributed by atoms with Crippen LogP contribution in [-0.2, 0) is 6.42 Å². The Morgan fingerprint density at radius 2 is 1.84 bits per heavy atom. The maximum atomic E-state index is 11.4. The summed E-state index contributed by atoms with van der Waals surface area (Å²) in [6.45, 7) is 10.6. The third-order valence-electron chi connectivity index (χ3n) is 3.60. The van der Waals surface area contributed by atoms with Gasteiger partial charge < -0.3 is 5.11 Å². The van der Waals surface area contributed by atoms with Gasteiger partial charge in [-0.3, -0.25) is 0 Å². The van der Waals surface area contributed by atoms with Gasteiger partial charge in [-0.25, -0.2) is 4.79 Å². The van der Waals surface area contributed by atoms with E-state index < -0.39 is 5.97 Å². The number of carboxylic acids is 1. The highest BCUT2D eigenvalue weighted by atomic mass is 16.4. The zero-order valence-electron chi connectivity index (χ0n) is 12.8. The molecule has 1 N–H and O–H groups in total. The number of hydrogen-bond acceptors (Lipinski definition) is 1. The summed E-state index contributed by atoms with van der Waals surface area (Å²) in [5.41, 5.74) is 3.74. The van der Waals surface area contributed by atoms with Gasteiger partial charge >= 0.3 is 5.97 Å². The van der Waals surface area contributed by atoms with Crippen LogP contribution >= 0.6 is 0 Å². The standard InChI is InChI=1S/C17H26O2/c1-11(2)7-6-8-15-13(5)9-14(12(3)4)10-16(15)17(18)19/h9-12H,6-8H2,1-5H3,(H,18,19). The highest BCUT2D eigenvalue weighted by molar-refractivity contribution is 5.90. The Morgan fingerprint density at radius 3 is 2.32 bits per heavy atom. The second kappa shape index (κ2) is 6.74. The van der Waals surface area contributed by atoms with Crippen LogP contribution in [0.25, 0.3) is 0 Å². The van der Waals surface area contributed by atoms with Gasteiger partial charge in [0.1, 0.15) is 0 Å². The number of carboxylic acid groups (broad SMARTS) is 1. The van der Waals surface area contributed by atoms with E-state index in [1.54, 1.807) is 0 Å². The van der Waals surface area contributed by atoms with E-state index in [4.69, 9.17) is 0 Å². The van der Waals surface area contributed by atoms with Crippen molar-refractivity contribution in [3.05, 3.63) is 34.4 Å². The molecule has 0 heterocycles. The summed E-state index contributed by atoms with van der Waals surface area (Å²) < 4.78 is 0. The van der Waals surface area contributed by atoms with Crippen LogP contribution < -0.4 is 0 Å². The molecule has 0 aliphatic rings. The van der Waals surface area contributed by atoms with Crippen molar-refractivity contribution in [1.29, 1.82) is 0 Å². The maximum Gasteiger partial charge on any atom is 0.335 e. The number of rotatable bonds is 6. The number of aryl methyl sites for hydroxylation is 1. The Kier molecular flexibility index (Phi) is 5.59. The Bertz CT molecular complexity index is 445. The molecule has 0 spiro atoms. The van der Waals surface area contributed by atoms with Crippen molar-refractivity contribution in [2.45, 2.75) is 59.8 Å². The Hall–Kier alpha value is -1.31. The van der Waals surface area contributed by atoms with Crippen LogP contribution in [0.5, 0.6) is 0 Å². The van der Waals surface area contributed by atoms with Crippen molar-refractivity contribution in [3.63, 3.8) is 0 Å². The molecular formula is C17H26O2. The highest BCUT2D eigenvalue weighted by Gasteiger charge is 2.15. The molecule has 19 heavy (non-hydrogen) atoms. The molecule has 1 aromatic carbocycles. The van der Waals surface area contributed by atoms with Crippen LogP contribution in [0.15, 0.2) is 12.1 Å². The summed E-state index contributed by atoms with van der Waals surface area (Å²) >= 11 is 0. The number of carbonyl (C=O) groups is 1. The molecule has 1 aromatic rings. The molecule has 0 aliphatic carbocycles. The van der Waals surface area contributed by atoms with Crippen molar-refractivity contribution < 1.29 is 9.90 Å². The van der Waals surface area contributed by atoms with Gasteiger partial charge in [0.25, 0.3) is 0 Å². The molecule has 0 saturated carbocycles. The number of benzene rings is 1. The van der Waals surface area contributed by atoms with Crippen LogP contribution in [0.1, 0.15) is 73.5 Å². The summed E-state index contributed by atoms with van der Waals surface area (Å²) in [4.78, 5) is 11.4. The van der Waals surface area contributed by atoms with Crippen molar-refractivity contribution in [3.8, 4) is 0 Å². The summed E-state index contributed by atoms with van der Waals surface area (Å²) in [6.07, 6.45) is 3.06. The van der Waals surface area contributed by atoms with Gasteiger partial charge in [0.05, 0.1) is 5.56 Å². The molecule has 1 rings (SSSR count). The van der Waals surface area contributed by atoms with Crippen LogP contribution in [0.2, 0.25) is 0 Å². The van der Waals surface area contributed by atoms with Gasteiger partial charge in [0, 0.05) is 0 Å². The minimum atomic E-state index is -0.801. The minimum Gasteiger partial charge on any atom is -0.478 e. The van der Waals surface area contributed by atoms with E-state index in [0.29, 0.717) is 17.4 Å². The minimum absolute atomic E-state index is 0.363. The molecule has 2 nitrogen and oxygen atoms in total. The highest BCUT2D eigenvalue weighted by Crippen LogP contribution is 2.24. The van der Waals surface area contributed by atoms with Crippen molar-refractivity contribution in [1.82, 2.24) is 0 Å². The van der Waals surface area contributed by atoms with Crippen LogP contribution in [0.4, 0.5) is 0 Å². The average Bonchev–Trinajstić information content (AvgIpc) is 2.29. The monoisotopic (exact) mass is 262 g/mol. The van der Waals surface area contributed by atoms with E-state index in [0.717, 1.165) is 36.0 Å². The molecule has 0 atom stereocenters. The zero-order valence-corrected chi connectivity index (χ0v) is 12.8. The Morgan fingerprint density at radius 1 is 1.21 bits per heavy atom. The lowest BCUT2D eigenvalue weighted by Crippen LogP contribution is -2.07. The van der Waals surface area contributed by atoms with E-state index >= 15 is 0 Å². The molecule has 0 unspecified atom stereocenters. The molecular weight excluding hydrogens is 236 g/mol. The molecule has 106 valence electrons. The molecule has 0 aliphatic heterocycles. The third kappa shape index (κ3) is 4.38. The Balaban J connectivity index is 3.04. The first-order chi connectivity index (χ1) is 8.82. The van der Waals surface area contributed by atoms with Gasteiger partial charge in [0.2, 0.25) is 0 Å². The first-order valence-corrected chi connectivity index (χ1v) is 7.19. The largest absolute Gasteiger partial charge is 0.478 e. The summed E-state index contributed by atoms with van der Waals surface area (Å²) in [5, 5.41) is 9.40. The lowest BCUT2D eigenvalue weighted by molar-refractivity contribution is 0.0695. The smallest absolute Gasteiger partial charge is 0.335 e. The maximum absolute atomic E-state index is 11.4. The van der Waals surface area contributed by atoms with E-state index in [2.05, 4.69) is 33.8 Å².